The second-order valence-corrected chi connectivity index (χ2v) is 7.54. The molecule has 0 aliphatic carbocycles. The van der Waals surface area contributed by atoms with Gasteiger partial charge in [0.1, 0.15) is 11.6 Å². The van der Waals surface area contributed by atoms with Crippen LogP contribution in [0, 0.1) is 0 Å². The van der Waals surface area contributed by atoms with Crippen LogP contribution in [-0.2, 0) is 11.2 Å². The van der Waals surface area contributed by atoms with E-state index in [9.17, 15) is 9.59 Å². The Morgan fingerprint density at radius 2 is 1.79 bits per heavy atom. The van der Waals surface area contributed by atoms with Gasteiger partial charge in [-0.2, -0.15) is 9.78 Å². The van der Waals surface area contributed by atoms with E-state index >= 15 is 0 Å². The van der Waals surface area contributed by atoms with E-state index in [0.29, 0.717) is 39.5 Å². The molecule has 6 nitrogen and oxygen atoms in total. The molecule has 1 heterocycles. The molecule has 3 aromatic carbocycles. The van der Waals surface area contributed by atoms with E-state index in [1.165, 1.54) is 17.0 Å². The average Bonchev–Trinajstić information content (AvgIpc) is 2.84. The van der Waals surface area contributed by atoms with E-state index < -0.39 is 5.97 Å². The largest absolute Gasteiger partial charge is 0.423 e. The van der Waals surface area contributed by atoms with Gasteiger partial charge in [-0.05, 0) is 48.0 Å². The molecule has 4 rings (SSSR count). The number of aryl methyl sites for hydroxylation is 1. The molecule has 164 valence electrons. The van der Waals surface area contributed by atoms with Crippen molar-refractivity contribution in [3.05, 3.63) is 111 Å². The van der Waals surface area contributed by atoms with Crippen molar-refractivity contribution in [3.8, 4) is 5.75 Å². The number of carbonyl (C=O) groups excluding carboxylic acids is 1. The Labute approximate surface area is 195 Å². The molecule has 0 radical (unpaired) electrons. The minimum atomic E-state index is -0.537. The number of fused-ring (bicyclic) bond motifs is 1. The second-order valence-electron chi connectivity index (χ2n) is 7.10. The van der Waals surface area contributed by atoms with Crippen molar-refractivity contribution >= 4 is 40.8 Å². The van der Waals surface area contributed by atoms with Crippen molar-refractivity contribution in [2.45, 2.75) is 13.3 Å². The minimum absolute atomic E-state index is 0.255. The average molecular weight is 458 g/mol. The maximum absolute atomic E-state index is 12.9. The minimum Gasteiger partial charge on any atom is -0.423 e. The fourth-order valence-corrected chi connectivity index (χ4v) is 3.32. The van der Waals surface area contributed by atoms with Gasteiger partial charge < -0.3 is 4.74 Å². The first-order valence-electron chi connectivity index (χ1n) is 10.3. The van der Waals surface area contributed by atoms with Crippen LogP contribution in [-0.4, -0.2) is 21.8 Å². The number of aromatic nitrogens is 2. The number of rotatable bonds is 6. The number of carbonyl (C=O) groups is 1. The highest BCUT2D eigenvalue weighted by atomic mass is 35.5. The summed E-state index contributed by atoms with van der Waals surface area (Å²) in [5, 5.41) is 5.47. The van der Waals surface area contributed by atoms with Crippen molar-refractivity contribution in [3.63, 3.8) is 0 Å². The van der Waals surface area contributed by atoms with Gasteiger partial charge in [-0.3, -0.25) is 4.79 Å². The molecule has 0 fully saturated rings. The molecular weight excluding hydrogens is 438 g/mol. The number of halogens is 1. The summed E-state index contributed by atoms with van der Waals surface area (Å²) in [7, 11) is 0. The Kier molecular flexibility index (Phi) is 6.76. The van der Waals surface area contributed by atoms with Gasteiger partial charge in [0.05, 0.1) is 17.1 Å². The van der Waals surface area contributed by atoms with E-state index in [1.54, 1.807) is 72.8 Å². The van der Waals surface area contributed by atoms with Crippen molar-refractivity contribution in [1.82, 2.24) is 9.66 Å². The van der Waals surface area contributed by atoms with Crippen LogP contribution in [0.2, 0.25) is 5.02 Å². The lowest BCUT2D eigenvalue weighted by atomic mass is 10.2. The summed E-state index contributed by atoms with van der Waals surface area (Å²) < 4.78 is 6.77. The molecule has 0 atom stereocenters. The van der Waals surface area contributed by atoms with Crippen LogP contribution in [0.15, 0.2) is 88.8 Å². The molecule has 0 N–H and O–H groups in total. The zero-order chi connectivity index (χ0) is 23.2. The first kappa shape index (κ1) is 22.2. The Bertz CT molecular complexity index is 1420. The number of hydrogen-bond donors (Lipinski definition) is 0. The lowest BCUT2D eigenvalue weighted by molar-refractivity contribution is -0.128. The molecule has 0 aliphatic rings. The van der Waals surface area contributed by atoms with Gasteiger partial charge in [0, 0.05) is 23.1 Å². The number of nitrogens with zero attached hydrogens (tertiary/aromatic N) is 3. The van der Waals surface area contributed by atoms with Crippen molar-refractivity contribution < 1.29 is 9.53 Å². The quantitative estimate of drug-likeness (QED) is 0.174. The predicted octanol–water partition coefficient (Wildman–Crippen LogP) is 5.11. The fraction of sp³-hybridized carbons (Fsp3) is 0.0769. The summed E-state index contributed by atoms with van der Waals surface area (Å²) in [4.78, 5) is 29.8. The van der Waals surface area contributed by atoms with Crippen LogP contribution in [0.3, 0.4) is 0 Å². The summed E-state index contributed by atoms with van der Waals surface area (Å²) in [6.45, 7) is 1.91. The number of esters is 1. The third kappa shape index (κ3) is 5.25. The van der Waals surface area contributed by atoms with E-state index in [2.05, 4.69) is 10.1 Å². The predicted molar refractivity (Wildman–Crippen MR) is 131 cm³/mol. The molecule has 0 amide bonds. The number of benzene rings is 3. The molecular formula is C26H20ClN3O3. The lowest BCUT2D eigenvalue weighted by Crippen LogP contribution is -2.22. The number of hydrogen-bond acceptors (Lipinski definition) is 5. The van der Waals surface area contributed by atoms with Gasteiger partial charge in [-0.1, -0.05) is 54.9 Å². The van der Waals surface area contributed by atoms with Crippen LogP contribution in [0.1, 0.15) is 23.9 Å². The molecule has 33 heavy (non-hydrogen) atoms. The summed E-state index contributed by atoms with van der Waals surface area (Å²) >= 11 is 5.88. The SMILES string of the molecule is CCc1nc2ccccc2c(=O)n1N=Cc1ccccc1OC(=O)/C=C/c1ccc(Cl)cc1. The van der Waals surface area contributed by atoms with Crippen LogP contribution < -0.4 is 10.3 Å². The van der Waals surface area contributed by atoms with E-state index in [0.717, 1.165) is 5.56 Å². The fourth-order valence-electron chi connectivity index (χ4n) is 3.20. The van der Waals surface area contributed by atoms with Crippen LogP contribution >= 0.6 is 11.6 Å². The topological polar surface area (TPSA) is 73.6 Å². The molecule has 0 spiro atoms. The van der Waals surface area contributed by atoms with E-state index in [4.69, 9.17) is 16.3 Å². The third-order valence-corrected chi connectivity index (χ3v) is 5.11. The zero-order valence-electron chi connectivity index (χ0n) is 17.8. The highest BCUT2D eigenvalue weighted by Gasteiger charge is 2.10. The second kappa shape index (κ2) is 10.1. The number of ether oxygens (including phenoxy) is 1. The molecule has 0 bridgehead atoms. The summed E-state index contributed by atoms with van der Waals surface area (Å²) in [6, 6.07) is 21.2. The highest BCUT2D eigenvalue weighted by molar-refractivity contribution is 6.30. The summed E-state index contributed by atoms with van der Waals surface area (Å²) in [6.07, 6.45) is 5.00. The van der Waals surface area contributed by atoms with Gasteiger partial charge >= 0.3 is 5.97 Å². The van der Waals surface area contributed by atoms with Gasteiger partial charge in [0.2, 0.25) is 0 Å². The van der Waals surface area contributed by atoms with Crippen molar-refractivity contribution in [1.29, 1.82) is 0 Å². The zero-order valence-corrected chi connectivity index (χ0v) is 18.6. The molecule has 7 heteroatoms. The lowest BCUT2D eigenvalue weighted by Gasteiger charge is -2.08. The number of para-hydroxylation sites is 2. The highest BCUT2D eigenvalue weighted by Crippen LogP contribution is 2.17. The molecule has 1 aromatic heterocycles. The molecule has 0 aliphatic heterocycles. The maximum atomic E-state index is 12.9. The van der Waals surface area contributed by atoms with E-state index in [-0.39, 0.29) is 5.56 Å². The monoisotopic (exact) mass is 457 g/mol. The maximum Gasteiger partial charge on any atom is 0.336 e. The van der Waals surface area contributed by atoms with Gasteiger partial charge in [-0.25, -0.2) is 9.78 Å². The Hall–Kier alpha value is -4.03. The summed E-state index contributed by atoms with van der Waals surface area (Å²) in [5.41, 5.74) is 1.75. The third-order valence-electron chi connectivity index (χ3n) is 4.86. The van der Waals surface area contributed by atoms with Crippen LogP contribution in [0.25, 0.3) is 17.0 Å². The Morgan fingerprint density at radius 1 is 1.06 bits per heavy atom. The van der Waals surface area contributed by atoms with Gasteiger partial charge in [-0.15, -0.1) is 0 Å². The first-order chi connectivity index (χ1) is 16.0. The van der Waals surface area contributed by atoms with Crippen LogP contribution in [0.4, 0.5) is 0 Å². The van der Waals surface area contributed by atoms with Crippen molar-refractivity contribution in [2.24, 2.45) is 5.10 Å². The van der Waals surface area contributed by atoms with E-state index in [1.807, 2.05) is 13.0 Å². The first-order valence-corrected chi connectivity index (χ1v) is 10.7. The Balaban J connectivity index is 1.59. The van der Waals surface area contributed by atoms with Gasteiger partial charge in [0.15, 0.2) is 0 Å². The summed E-state index contributed by atoms with van der Waals surface area (Å²) in [5.74, 6) is 0.326. The molecule has 4 aromatic rings. The standard InChI is InChI=1S/C26H20ClN3O3/c1-2-24-29-22-9-5-4-8-21(22)26(32)30(24)28-17-19-7-3-6-10-23(19)33-25(31)16-13-18-11-14-20(27)15-12-18/h3-17H,2H2,1H3/b16-13+,28-17?. The van der Waals surface area contributed by atoms with Crippen molar-refractivity contribution in [2.75, 3.05) is 0 Å². The van der Waals surface area contributed by atoms with Crippen LogP contribution in [0.5, 0.6) is 5.75 Å². The molecule has 0 saturated heterocycles. The van der Waals surface area contributed by atoms with Gasteiger partial charge in [0.25, 0.3) is 5.56 Å². The molecule has 0 saturated carbocycles. The Morgan fingerprint density at radius 3 is 2.58 bits per heavy atom. The normalized spacial score (nSPS) is 11.5. The smallest absolute Gasteiger partial charge is 0.336 e. The molecule has 0 unspecified atom stereocenters.